The molecule has 0 bridgehead atoms. The van der Waals surface area contributed by atoms with Crippen LogP contribution in [0.4, 0.5) is 0 Å². The maximum atomic E-state index is 11.5. The van der Waals surface area contributed by atoms with Crippen LogP contribution in [0.3, 0.4) is 0 Å². The summed E-state index contributed by atoms with van der Waals surface area (Å²) < 4.78 is 10.2. The number of epoxide rings is 1. The van der Waals surface area contributed by atoms with Gasteiger partial charge < -0.3 is 9.47 Å². The van der Waals surface area contributed by atoms with Crippen LogP contribution in [0.15, 0.2) is 0 Å². The summed E-state index contributed by atoms with van der Waals surface area (Å²) in [6.45, 7) is 3.50. The van der Waals surface area contributed by atoms with E-state index >= 15 is 0 Å². The average Bonchev–Trinajstić information content (AvgIpc) is 3.52. The lowest BCUT2D eigenvalue weighted by atomic mass is 10.0. The summed E-state index contributed by atoms with van der Waals surface area (Å²) in [4.78, 5) is 11.5. The van der Waals surface area contributed by atoms with Crippen molar-refractivity contribution in [1.82, 2.24) is 0 Å². The monoisotopic (exact) mass is 396 g/mol. The van der Waals surface area contributed by atoms with Gasteiger partial charge in [-0.25, -0.2) is 0 Å². The molecule has 1 heterocycles. The summed E-state index contributed by atoms with van der Waals surface area (Å²) in [5, 5.41) is 0. The van der Waals surface area contributed by atoms with Crippen molar-refractivity contribution in [2.24, 2.45) is 0 Å². The zero-order valence-electron chi connectivity index (χ0n) is 18.9. The molecule has 1 aliphatic heterocycles. The van der Waals surface area contributed by atoms with Gasteiger partial charge in [-0.15, -0.1) is 0 Å². The number of hydrogen-bond acceptors (Lipinski definition) is 3. The average molecular weight is 397 g/mol. The van der Waals surface area contributed by atoms with Crippen LogP contribution in [0, 0.1) is 0 Å². The standard InChI is InChI=1S/C25H48O3/c1-2-3-4-5-6-7-8-9-10-11-12-13-14-15-16-17-18-19-20-21-25(26)28-23-24-22-27-24/h24H,2-23H2,1H3. The van der Waals surface area contributed by atoms with Gasteiger partial charge in [0, 0.05) is 6.42 Å². The molecular formula is C25H48O3. The molecule has 0 amide bonds. The molecule has 0 radical (unpaired) electrons. The highest BCUT2D eigenvalue weighted by atomic mass is 16.6. The predicted octanol–water partition coefficient (Wildman–Crippen LogP) is 7.75. The Balaban J connectivity index is 1.64. The molecule has 1 aliphatic rings. The summed E-state index contributed by atoms with van der Waals surface area (Å²) in [5.41, 5.74) is 0. The van der Waals surface area contributed by atoms with Gasteiger partial charge in [-0.05, 0) is 6.42 Å². The highest BCUT2D eigenvalue weighted by molar-refractivity contribution is 5.69. The third-order valence-electron chi connectivity index (χ3n) is 5.82. The molecule has 0 N–H and O–H groups in total. The van der Waals surface area contributed by atoms with Crippen LogP contribution in [-0.2, 0) is 14.3 Å². The van der Waals surface area contributed by atoms with Gasteiger partial charge in [0.1, 0.15) is 12.7 Å². The number of ether oxygens (including phenoxy) is 2. The number of hydrogen-bond donors (Lipinski definition) is 0. The molecule has 1 rings (SSSR count). The fourth-order valence-corrected chi connectivity index (χ4v) is 3.77. The topological polar surface area (TPSA) is 38.8 Å². The van der Waals surface area contributed by atoms with E-state index in [0.29, 0.717) is 13.0 Å². The lowest BCUT2D eigenvalue weighted by molar-refractivity contribution is -0.144. The molecule has 0 spiro atoms. The zero-order valence-corrected chi connectivity index (χ0v) is 18.9. The van der Waals surface area contributed by atoms with Crippen LogP contribution in [0.25, 0.3) is 0 Å². The molecule has 3 nitrogen and oxygen atoms in total. The molecule has 0 aromatic heterocycles. The Morgan fingerprint density at radius 2 is 1.04 bits per heavy atom. The van der Waals surface area contributed by atoms with Crippen LogP contribution in [0.5, 0.6) is 0 Å². The minimum atomic E-state index is -0.0533. The highest BCUT2D eigenvalue weighted by Crippen LogP contribution is 2.15. The van der Waals surface area contributed by atoms with Crippen molar-refractivity contribution in [2.75, 3.05) is 13.2 Å². The Labute approximate surface area is 175 Å². The second-order valence-electron chi connectivity index (χ2n) is 8.75. The molecule has 0 saturated carbocycles. The van der Waals surface area contributed by atoms with E-state index in [9.17, 15) is 4.79 Å². The van der Waals surface area contributed by atoms with Crippen molar-refractivity contribution in [1.29, 1.82) is 0 Å². The minimum absolute atomic E-state index is 0.0533. The number of esters is 1. The van der Waals surface area contributed by atoms with Crippen molar-refractivity contribution >= 4 is 5.97 Å². The molecule has 1 saturated heterocycles. The van der Waals surface area contributed by atoms with E-state index in [0.717, 1.165) is 19.4 Å². The van der Waals surface area contributed by atoms with Gasteiger partial charge in [0.25, 0.3) is 0 Å². The molecular weight excluding hydrogens is 348 g/mol. The third-order valence-corrected chi connectivity index (χ3v) is 5.82. The highest BCUT2D eigenvalue weighted by Gasteiger charge is 2.23. The molecule has 1 fully saturated rings. The number of carbonyl (C=O) groups excluding carboxylic acids is 1. The van der Waals surface area contributed by atoms with E-state index in [2.05, 4.69) is 6.92 Å². The van der Waals surface area contributed by atoms with Crippen LogP contribution < -0.4 is 0 Å². The fourth-order valence-electron chi connectivity index (χ4n) is 3.77. The predicted molar refractivity (Wildman–Crippen MR) is 119 cm³/mol. The molecule has 166 valence electrons. The summed E-state index contributed by atoms with van der Waals surface area (Å²) in [6, 6.07) is 0. The maximum Gasteiger partial charge on any atom is 0.305 e. The molecule has 3 heteroatoms. The Morgan fingerprint density at radius 1 is 0.679 bits per heavy atom. The van der Waals surface area contributed by atoms with Gasteiger partial charge in [0.05, 0.1) is 6.61 Å². The van der Waals surface area contributed by atoms with E-state index < -0.39 is 0 Å². The molecule has 28 heavy (non-hydrogen) atoms. The second-order valence-corrected chi connectivity index (χ2v) is 8.75. The van der Waals surface area contributed by atoms with Crippen LogP contribution in [0.1, 0.15) is 135 Å². The van der Waals surface area contributed by atoms with Gasteiger partial charge in [0.15, 0.2) is 0 Å². The van der Waals surface area contributed by atoms with Crippen molar-refractivity contribution in [3.63, 3.8) is 0 Å². The van der Waals surface area contributed by atoms with Gasteiger partial charge in [-0.3, -0.25) is 4.79 Å². The lowest BCUT2D eigenvalue weighted by Gasteiger charge is -2.04. The summed E-state index contributed by atoms with van der Waals surface area (Å²) in [6.07, 6.45) is 26.9. The molecule has 0 aromatic rings. The normalized spacial score (nSPS) is 15.7. The molecule has 1 atom stereocenters. The summed E-state index contributed by atoms with van der Waals surface area (Å²) in [5.74, 6) is -0.0533. The number of unbranched alkanes of at least 4 members (excludes halogenated alkanes) is 18. The Bertz CT molecular complexity index is 339. The Kier molecular flexibility index (Phi) is 17.9. The third kappa shape index (κ3) is 18.8. The molecule has 1 unspecified atom stereocenters. The van der Waals surface area contributed by atoms with Crippen molar-refractivity contribution in [2.45, 2.75) is 141 Å². The zero-order chi connectivity index (χ0) is 20.1. The summed E-state index contributed by atoms with van der Waals surface area (Å²) in [7, 11) is 0. The molecule has 0 aromatic carbocycles. The fraction of sp³-hybridized carbons (Fsp3) is 0.960. The van der Waals surface area contributed by atoms with E-state index in [1.165, 1.54) is 109 Å². The van der Waals surface area contributed by atoms with Crippen LogP contribution >= 0.6 is 0 Å². The van der Waals surface area contributed by atoms with Gasteiger partial charge in [0.2, 0.25) is 0 Å². The first-order chi connectivity index (χ1) is 13.8. The number of rotatable bonds is 22. The van der Waals surface area contributed by atoms with Crippen LogP contribution in [0.2, 0.25) is 0 Å². The summed E-state index contributed by atoms with van der Waals surface area (Å²) >= 11 is 0. The van der Waals surface area contributed by atoms with Crippen LogP contribution in [-0.4, -0.2) is 25.3 Å². The van der Waals surface area contributed by atoms with Crippen molar-refractivity contribution in [3.05, 3.63) is 0 Å². The smallest absolute Gasteiger partial charge is 0.305 e. The van der Waals surface area contributed by atoms with E-state index in [4.69, 9.17) is 9.47 Å². The molecule has 0 aliphatic carbocycles. The Hall–Kier alpha value is -0.570. The van der Waals surface area contributed by atoms with Gasteiger partial charge in [-0.1, -0.05) is 122 Å². The quantitative estimate of drug-likeness (QED) is 0.107. The second kappa shape index (κ2) is 19.7. The largest absolute Gasteiger partial charge is 0.463 e. The first-order valence-electron chi connectivity index (χ1n) is 12.6. The van der Waals surface area contributed by atoms with Crippen molar-refractivity contribution in [3.8, 4) is 0 Å². The van der Waals surface area contributed by atoms with E-state index in [1.807, 2.05) is 0 Å². The lowest BCUT2D eigenvalue weighted by Crippen LogP contribution is -2.09. The first kappa shape index (κ1) is 25.5. The van der Waals surface area contributed by atoms with Gasteiger partial charge >= 0.3 is 5.97 Å². The van der Waals surface area contributed by atoms with E-state index in [1.54, 1.807) is 0 Å². The SMILES string of the molecule is CCCCCCCCCCCCCCCCCCCCCC(=O)OCC1CO1. The Morgan fingerprint density at radius 3 is 1.39 bits per heavy atom. The minimum Gasteiger partial charge on any atom is -0.463 e. The van der Waals surface area contributed by atoms with Gasteiger partial charge in [-0.2, -0.15) is 0 Å². The first-order valence-corrected chi connectivity index (χ1v) is 12.6. The number of carbonyl (C=O) groups is 1. The maximum absolute atomic E-state index is 11.5. The van der Waals surface area contributed by atoms with E-state index in [-0.39, 0.29) is 12.1 Å². The van der Waals surface area contributed by atoms with Crippen molar-refractivity contribution < 1.29 is 14.3 Å².